The fourth-order valence-corrected chi connectivity index (χ4v) is 2.69. The maximum absolute atomic E-state index is 5.90. The molecular weight excluding hydrogens is 342 g/mol. The van der Waals surface area contributed by atoms with Gasteiger partial charge in [-0.1, -0.05) is 12.1 Å². The molecule has 0 atom stereocenters. The average molecular weight is 365 g/mol. The largest absolute Gasteiger partial charge is 0.497 e. The molecule has 0 aliphatic heterocycles. The van der Waals surface area contributed by atoms with Gasteiger partial charge < -0.3 is 25.4 Å². The third-order valence-electron chi connectivity index (χ3n) is 4.03. The Morgan fingerprint density at radius 2 is 1.67 bits per heavy atom. The van der Waals surface area contributed by atoms with Crippen LogP contribution in [0.15, 0.2) is 54.6 Å². The standard InChI is InChI=1S/C20H23N5O2/c1-25(16-7-5-9-18(12-16)27-3)13-15-11-19(24-20(21)23-15)22-14-6-4-8-17(10-14)26-2/h4-12H,13H2,1-3H3,(H3,21,22,23,24). The number of nitrogen functional groups attached to an aromatic ring is 1. The first-order valence-corrected chi connectivity index (χ1v) is 8.47. The molecule has 0 bridgehead atoms. The van der Waals surface area contributed by atoms with E-state index in [0.29, 0.717) is 12.4 Å². The molecule has 0 fully saturated rings. The predicted molar refractivity (Wildman–Crippen MR) is 108 cm³/mol. The predicted octanol–water partition coefficient (Wildman–Crippen LogP) is 3.46. The van der Waals surface area contributed by atoms with Gasteiger partial charge in [0.05, 0.1) is 26.5 Å². The highest BCUT2D eigenvalue weighted by Gasteiger charge is 2.08. The van der Waals surface area contributed by atoms with Crippen molar-refractivity contribution < 1.29 is 9.47 Å². The van der Waals surface area contributed by atoms with E-state index < -0.39 is 0 Å². The van der Waals surface area contributed by atoms with Crippen molar-refractivity contribution in [1.82, 2.24) is 9.97 Å². The summed E-state index contributed by atoms with van der Waals surface area (Å²) in [4.78, 5) is 10.7. The summed E-state index contributed by atoms with van der Waals surface area (Å²) in [5.74, 6) is 2.42. The molecule has 0 aliphatic rings. The number of hydrogen-bond acceptors (Lipinski definition) is 7. The highest BCUT2D eigenvalue weighted by atomic mass is 16.5. The Balaban J connectivity index is 1.78. The molecule has 1 heterocycles. The zero-order chi connectivity index (χ0) is 19.2. The van der Waals surface area contributed by atoms with Crippen molar-refractivity contribution >= 4 is 23.1 Å². The molecule has 0 saturated carbocycles. The van der Waals surface area contributed by atoms with Crippen LogP contribution in [0.4, 0.5) is 23.1 Å². The van der Waals surface area contributed by atoms with E-state index in [1.54, 1.807) is 14.2 Å². The van der Waals surface area contributed by atoms with Gasteiger partial charge in [-0.25, -0.2) is 4.98 Å². The van der Waals surface area contributed by atoms with Gasteiger partial charge in [-0.05, 0) is 24.3 Å². The summed E-state index contributed by atoms with van der Waals surface area (Å²) in [6.07, 6.45) is 0. The van der Waals surface area contributed by atoms with Crippen molar-refractivity contribution in [3.63, 3.8) is 0 Å². The number of nitrogens with two attached hydrogens (primary N) is 1. The van der Waals surface area contributed by atoms with E-state index >= 15 is 0 Å². The summed E-state index contributed by atoms with van der Waals surface area (Å²) in [5, 5.41) is 3.24. The molecule has 140 valence electrons. The van der Waals surface area contributed by atoms with Crippen LogP contribution in [0, 0.1) is 0 Å². The van der Waals surface area contributed by atoms with E-state index in [4.69, 9.17) is 15.2 Å². The Bertz CT molecular complexity index is 916. The fraction of sp³-hybridized carbons (Fsp3) is 0.200. The Labute approximate surface area is 158 Å². The first-order chi connectivity index (χ1) is 13.1. The first kappa shape index (κ1) is 18.3. The molecule has 0 amide bonds. The second-order valence-electron chi connectivity index (χ2n) is 6.02. The summed E-state index contributed by atoms with van der Waals surface area (Å²) in [7, 11) is 5.28. The Morgan fingerprint density at radius 3 is 2.41 bits per heavy atom. The zero-order valence-electron chi connectivity index (χ0n) is 15.6. The monoisotopic (exact) mass is 365 g/mol. The van der Waals surface area contributed by atoms with Crippen LogP contribution in [0.25, 0.3) is 0 Å². The number of rotatable bonds is 7. The second-order valence-corrected chi connectivity index (χ2v) is 6.02. The third-order valence-corrected chi connectivity index (χ3v) is 4.03. The minimum atomic E-state index is 0.219. The molecule has 7 nitrogen and oxygen atoms in total. The second kappa shape index (κ2) is 8.27. The number of ether oxygens (including phenoxy) is 2. The van der Waals surface area contributed by atoms with Crippen LogP contribution in [0.1, 0.15) is 5.69 Å². The lowest BCUT2D eigenvalue weighted by Crippen LogP contribution is -2.18. The smallest absolute Gasteiger partial charge is 0.222 e. The summed E-state index contributed by atoms with van der Waals surface area (Å²) in [6, 6.07) is 17.3. The SMILES string of the molecule is COc1cccc(Nc2cc(CN(C)c3cccc(OC)c3)nc(N)n2)c1. The topological polar surface area (TPSA) is 85.5 Å². The lowest BCUT2D eigenvalue weighted by molar-refractivity contribution is 0.415. The average Bonchev–Trinajstić information content (AvgIpc) is 2.67. The molecule has 0 unspecified atom stereocenters. The van der Waals surface area contributed by atoms with Crippen LogP contribution in [0.5, 0.6) is 11.5 Å². The van der Waals surface area contributed by atoms with Gasteiger partial charge in [-0.3, -0.25) is 0 Å². The molecule has 3 aromatic rings. The van der Waals surface area contributed by atoms with Crippen LogP contribution in [0.3, 0.4) is 0 Å². The normalized spacial score (nSPS) is 10.3. The molecule has 3 N–H and O–H groups in total. The number of nitrogens with one attached hydrogen (secondary N) is 1. The van der Waals surface area contributed by atoms with Gasteiger partial charge in [0, 0.05) is 36.6 Å². The summed E-state index contributed by atoms with van der Waals surface area (Å²) in [5.41, 5.74) is 8.59. The Kier molecular flexibility index (Phi) is 5.61. The summed E-state index contributed by atoms with van der Waals surface area (Å²) < 4.78 is 10.5. The van der Waals surface area contributed by atoms with Crippen molar-refractivity contribution in [3.05, 3.63) is 60.3 Å². The third kappa shape index (κ3) is 4.78. The molecular formula is C20H23N5O2. The molecule has 0 aliphatic carbocycles. The molecule has 0 saturated heterocycles. The number of methoxy groups -OCH3 is 2. The van der Waals surface area contributed by atoms with E-state index in [-0.39, 0.29) is 5.95 Å². The Hall–Kier alpha value is -3.48. The first-order valence-electron chi connectivity index (χ1n) is 8.47. The number of nitrogens with zero attached hydrogens (tertiary/aromatic N) is 3. The minimum Gasteiger partial charge on any atom is -0.497 e. The van der Waals surface area contributed by atoms with Gasteiger partial charge in [0.25, 0.3) is 0 Å². The van der Waals surface area contributed by atoms with Crippen LogP contribution in [-0.2, 0) is 6.54 Å². The number of anilines is 4. The van der Waals surface area contributed by atoms with Crippen LogP contribution in [0.2, 0.25) is 0 Å². The van der Waals surface area contributed by atoms with Crippen molar-refractivity contribution in [2.45, 2.75) is 6.54 Å². The summed E-state index contributed by atoms with van der Waals surface area (Å²) >= 11 is 0. The van der Waals surface area contributed by atoms with Gasteiger partial charge in [0.2, 0.25) is 5.95 Å². The van der Waals surface area contributed by atoms with Gasteiger partial charge in [-0.15, -0.1) is 0 Å². The lowest BCUT2D eigenvalue weighted by atomic mass is 10.2. The van der Waals surface area contributed by atoms with Crippen molar-refractivity contribution in [1.29, 1.82) is 0 Å². The number of benzene rings is 2. The number of aromatic nitrogens is 2. The van der Waals surface area contributed by atoms with Crippen molar-refractivity contribution in [2.75, 3.05) is 37.2 Å². The van der Waals surface area contributed by atoms with Gasteiger partial charge in [-0.2, -0.15) is 4.98 Å². The Morgan fingerprint density at radius 1 is 0.963 bits per heavy atom. The maximum Gasteiger partial charge on any atom is 0.222 e. The molecule has 0 radical (unpaired) electrons. The van der Waals surface area contributed by atoms with Crippen LogP contribution < -0.4 is 25.4 Å². The van der Waals surface area contributed by atoms with Gasteiger partial charge in [0.1, 0.15) is 17.3 Å². The molecule has 27 heavy (non-hydrogen) atoms. The van der Waals surface area contributed by atoms with E-state index in [1.807, 2.05) is 61.6 Å². The van der Waals surface area contributed by atoms with Crippen LogP contribution in [-0.4, -0.2) is 31.2 Å². The van der Waals surface area contributed by atoms with Gasteiger partial charge >= 0.3 is 0 Å². The van der Waals surface area contributed by atoms with Crippen molar-refractivity contribution in [3.8, 4) is 11.5 Å². The maximum atomic E-state index is 5.90. The highest BCUT2D eigenvalue weighted by molar-refractivity contribution is 5.59. The lowest BCUT2D eigenvalue weighted by Gasteiger charge is -2.20. The quantitative estimate of drug-likeness (QED) is 0.663. The molecule has 1 aromatic heterocycles. The summed E-state index contributed by atoms with van der Waals surface area (Å²) in [6.45, 7) is 0.576. The van der Waals surface area contributed by atoms with E-state index in [9.17, 15) is 0 Å². The molecule has 3 rings (SSSR count). The van der Waals surface area contributed by atoms with Crippen LogP contribution >= 0.6 is 0 Å². The van der Waals surface area contributed by atoms with E-state index in [0.717, 1.165) is 28.6 Å². The van der Waals surface area contributed by atoms with Gasteiger partial charge in [0.15, 0.2) is 0 Å². The molecule has 0 spiro atoms. The van der Waals surface area contributed by atoms with Crippen molar-refractivity contribution in [2.24, 2.45) is 0 Å². The molecule has 7 heteroatoms. The molecule has 2 aromatic carbocycles. The highest BCUT2D eigenvalue weighted by Crippen LogP contribution is 2.23. The van der Waals surface area contributed by atoms with E-state index in [2.05, 4.69) is 20.2 Å². The minimum absolute atomic E-state index is 0.219. The zero-order valence-corrected chi connectivity index (χ0v) is 15.6. The fourth-order valence-electron chi connectivity index (χ4n) is 2.69. The number of hydrogen-bond donors (Lipinski definition) is 2. The van der Waals surface area contributed by atoms with E-state index in [1.165, 1.54) is 0 Å².